The van der Waals surface area contributed by atoms with Crippen LogP contribution in [0.5, 0.6) is 0 Å². The smallest absolute Gasteiger partial charge is 0.0637 e. The predicted molar refractivity (Wildman–Crippen MR) is 76.5 cm³/mol. The van der Waals surface area contributed by atoms with Crippen molar-refractivity contribution in [1.82, 2.24) is 5.32 Å². The van der Waals surface area contributed by atoms with Crippen LogP contribution in [0.4, 0.5) is 0 Å². The van der Waals surface area contributed by atoms with E-state index in [1.165, 1.54) is 38.5 Å². The second kappa shape index (κ2) is 9.90. The number of ether oxygens (including phenoxy) is 1. The maximum Gasteiger partial charge on any atom is 0.0637 e. The van der Waals surface area contributed by atoms with E-state index in [4.69, 9.17) is 4.74 Å². The summed E-state index contributed by atoms with van der Waals surface area (Å²) in [6, 6.07) is 0.542. The van der Waals surface area contributed by atoms with Gasteiger partial charge in [-0.25, -0.2) is 0 Å². The van der Waals surface area contributed by atoms with E-state index in [0.717, 1.165) is 13.0 Å². The molecule has 0 fully saturated rings. The van der Waals surface area contributed by atoms with Crippen molar-refractivity contribution >= 4 is 0 Å². The molecule has 2 nitrogen and oxygen atoms in total. The lowest BCUT2D eigenvalue weighted by Crippen LogP contribution is -2.36. The highest BCUT2D eigenvalue weighted by Crippen LogP contribution is 2.15. The number of nitrogens with one attached hydrogen (secondary N) is 1. The Hall–Kier alpha value is -0.0800. The molecule has 0 spiro atoms. The molecule has 0 radical (unpaired) electrons. The Kier molecular flexibility index (Phi) is 9.85. The molecule has 0 saturated heterocycles. The van der Waals surface area contributed by atoms with Gasteiger partial charge >= 0.3 is 0 Å². The first-order valence-corrected chi connectivity index (χ1v) is 7.30. The molecule has 0 rings (SSSR count). The summed E-state index contributed by atoms with van der Waals surface area (Å²) in [7, 11) is 1.79. The van der Waals surface area contributed by atoms with Gasteiger partial charge in [0.25, 0.3) is 0 Å². The quantitative estimate of drug-likeness (QED) is 0.551. The third-order valence-corrected chi connectivity index (χ3v) is 3.37. The molecular weight excluding hydrogens is 210 g/mol. The summed E-state index contributed by atoms with van der Waals surface area (Å²) in [4.78, 5) is 0. The summed E-state index contributed by atoms with van der Waals surface area (Å²) in [6.45, 7) is 9.96. The standard InChI is InChI=1S/C15H33NO/c1-6-7-8-9-10-11-12-16-14(2)13-15(3,4)17-5/h14,16H,6-13H2,1-5H3. The van der Waals surface area contributed by atoms with Crippen molar-refractivity contribution < 1.29 is 4.74 Å². The first-order valence-electron chi connectivity index (χ1n) is 7.30. The molecule has 1 unspecified atom stereocenters. The molecule has 0 aromatic heterocycles. The SMILES string of the molecule is CCCCCCCCNC(C)CC(C)(C)OC. The van der Waals surface area contributed by atoms with Crippen LogP contribution in [-0.4, -0.2) is 25.3 Å². The maximum atomic E-state index is 5.44. The molecule has 1 atom stereocenters. The monoisotopic (exact) mass is 243 g/mol. The number of rotatable bonds is 11. The third-order valence-electron chi connectivity index (χ3n) is 3.37. The van der Waals surface area contributed by atoms with Gasteiger partial charge in [-0.3, -0.25) is 0 Å². The molecule has 0 aliphatic carbocycles. The van der Waals surface area contributed by atoms with Crippen molar-refractivity contribution in [3.05, 3.63) is 0 Å². The average molecular weight is 243 g/mol. The van der Waals surface area contributed by atoms with Crippen molar-refractivity contribution in [3.8, 4) is 0 Å². The molecule has 0 saturated carbocycles. The highest BCUT2D eigenvalue weighted by molar-refractivity contribution is 4.75. The summed E-state index contributed by atoms with van der Waals surface area (Å²) >= 11 is 0. The molecule has 17 heavy (non-hydrogen) atoms. The van der Waals surface area contributed by atoms with Crippen LogP contribution in [0.1, 0.15) is 72.6 Å². The summed E-state index contributed by atoms with van der Waals surface area (Å²) in [6.07, 6.45) is 9.28. The van der Waals surface area contributed by atoms with E-state index in [2.05, 4.69) is 33.0 Å². The molecule has 0 aromatic rings. The normalized spacial score (nSPS) is 13.9. The molecule has 104 valence electrons. The van der Waals surface area contributed by atoms with Gasteiger partial charge in [-0.05, 0) is 40.2 Å². The lowest BCUT2D eigenvalue weighted by atomic mass is 10.00. The van der Waals surface area contributed by atoms with E-state index in [1.54, 1.807) is 7.11 Å². The van der Waals surface area contributed by atoms with Crippen LogP contribution >= 0.6 is 0 Å². The Balaban J connectivity index is 3.36. The van der Waals surface area contributed by atoms with Crippen LogP contribution < -0.4 is 5.32 Å². The van der Waals surface area contributed by atoms with E-state index in [-0.39, 0.29) is 5.60 Å². The van der Waals surface area contributed by atoms with E-state index < -0.39 is 0 Å². The van der Waals surface area contributed by atoms with Crippen LogP contribution in [0.2, 0.25) is 0 Å². The second-order valence-corrected chi connectivity index (χ2v) is 5.79. The van der Waals surface area contributed by atoms with Gasteiger partial charge in [0.2, 0.25) is 0 Å². The fourth-order valence-electron chi connectivity index (χ4n) is 2.15. The van der Waals surface area contributed by atoms with E-state index in [9.17, 15) is 0 Å². The molecule has 0 amide bonds. The Bertz CT molecular complexity index is 168. The lowest BCUT2D eigenvalue weighted by Gasteiger charge is -2.27. The predicted octanol–water partition coefficient (Wildman–Crippen LogP) is 4.14. The maximum absolute atomic E-state index is 5.44. The van der Waals surface area contributed by atoms with Gasteiger partial charge in [-0.15, -0.1) is 0 Å². The van der Waals surface area contributed by atoms with Crippen LogP contribution in [0.25, 0.3) is 0 Å². The van der Waals surface area contributed by atoms with Crippen molar-refractivity contribution in [2.75, 3.05) is 13.7 Å². The van der Waals surface area contributed by atoms with Gasteiger partial charge < -0.3 is 10.1 Å². The third kappa shape index (κ3) is 10.8. The topological polar surface area (TPSA) is 21.3 Å². The Morgan fingerprint density at radius 2 is 1.65 bits per heavy atom. The minimum absolute atomic E-state index is 0.00641. The van der Waals surface area contributed by atoms with Gasteiger partial charge in [0.15, 0.2) is 0 Å². The number of hydrogen-bond donors (Lipinski definition) is 1. The van der Waals surface area contributed by atoms with Gasteiger partial charge in [0.05, 0.1) is 5.60 Å². The van der Waals surface area contributed by atoms with Crippen molar-refractivity contribution in [3.63, 3.8) is 0 Å². The first-order chi connectivity index (χ1) is 8.02. The first kappa shape index (κ1) is 16.9. The number of hydrogen-bond acceptors (Lipinski definition) is 2. The molecule has 2 heteroatoms. The van der Waals surface area contributed by atoms with Crippen LogP contribution in [0.15, 0.2) is 0 Å². The zero-order valence-corrected chi connectivity index (χ0v) is 12.6. The van der Waals surface area contributed by atoms with Crippen LogP contribution in [0.3, 0.4) is 0 Å². The van der Waals surface area contributed by atoms with Gasteiger partial charge in [-0.2, -0.15) is 0 Å². The highest BCUT2D eigenvalue weighted by atomic mass is 16.5. The molecule has 0 heterocycles. The molecule has 0 aromatic carbocycles. The fourth-order valence-corrected chi connectivity index (χ4v) is 2.15. The average Bonchev–Trinajstić information content (AvgIpc) is 2.27. The van der Waals surface area contributed by atoms with E-state index >= 15 is 0 Å². The highest BCUT2D eigenvalue weighted by Gasteiger charge is 2.19. The summed E-state index contributed by atoms with van der Waals surface area (Å²) in [5.41, 5.74) is -0.00641. The number of unbranched alkanes of at least 4 members (excludes halogenated alkanes) is 5. The Morgan fingerprint density at radius 1 is 1.06 bits per heavy atom. The van der Waals surface area contributed by atoms with Gasteiger partial charge in [-0.1, -0.05) is 39.0 Å². The van der Waals surface area contributed by atoms with Crippen molar-refractivity contribution in [2.24, 2.45) is 0 Å². The Labute approximate surface area is 109 Å². The number of methoxy groups -OCH3 is 1. The van der Waals surface area contributed by atoms with Gasteiger partial charge in [0.1, 0.15) is 0 Å². The lowest BCUT2D eigenvalue weighted by molar-refractivity contribution is 0.00859. The summed E-state index contributed by atoms with van der Waals surface area (Å²) in [5.74, 6) is 0. The van der Waals surface area contributed by atoms with Crippen molar-refractivity contribution in [1.29, 1.82) is 0 Å². The summed E-state index contributed by atoms with van der Waals surface area (Å²) < 4.78 is 5.44. The zero-order chi connectivity index (χ0) is 13.1. The van der Waals surface area contributed by atoms with E-state index in [0.29, 0.717) is 6.04 Å². The van der Waals surface area contributed by atoms with Crippen LogP contribution in [0, 0.1) is 0 Å². The fraction of sp³-hybridized carbons (Fsp3) is 1.00. The molecule has 0 bridgehead atoms. The molecule has 0 aliphatic rings. The van der Waals surface area contributed by atoms with Gasteiger partial charge in [0, 0.05) is 13.2 Å². The minimum atomic E-state index is -0.00641. The zero-order valence-electron chi connectivity index (χ0n) is 12.6. The molecule has 0 aliphatic heterocycles. The van der Waals surface area contributed by atoms with Crippen LogP contribution in [-0.2, 0) is 4.74 Å². The molecule has 1 N–H and O–H groups in total. The summed E-state index contributed by atoms with van der Waals surface area (Å²) in [5, 5.41) is 3.58. The minimum Gasteiger partial charge on any atom is -0.379 e. The second-order valence-electron chi connectivity index (χ2n) is 5.79. The largest absolute Gasteiger partial charge is 0.379 e. The Morgan fingerprint density at radius 3 is 2.24 bits per heavy atom. The van der Waals surface area contributed by atoms with Crippen molar-refractivity contribution in [2.45, 2.75) is 84.3 Å². The molecular formula is C15H33NO. The van der Waals surface area contributed by atoms with E-state index in [1.807, 2.05) is 0 Å².